The number of pyridine rings is 1. The van der Waals surface area contributed by atoms with Crippen molar-refractivity contribution >= 4 is 17.7 Å². The lowest BCUT2D eigenvalue weighted by Crippen LogP contribution is -2.30. The van der Waals surface area contributed by atoms with Gasteiger partial charge >= 0.3 is 6.09 Å². The highest BCUT2D eigenvalue weighted by Gasteiger charge is 2.29. The molecule has 1 amide bonds. The molecule has 1 aliphatic carbocycles. The van der Waals surface area contributed by atoms with E-state index in [9.17, 15) is 15.0 Å². The average Bonchev–Trinajstić information content (AvgIpc) is 3.16. The fourth-order valence-electron chi connectivity index (χ4n) is 4.16. The molecular weight excluding hydrogens is 444 g/mol. The number of benzene rings is 2. The summed E-state index contributed by atoms with van der Waals surface area (Å²) in [4.78, 5) is 16.3. The molecule has 172 valence electrons. The number of amides is 1. The van der Waals surface area contributed by atoms with Gasteiger partial charge in [-0.15, -0.1) is 0 Å². The van der Waals surface area contributed by atoms with Gasteiger partial charge in [-0.1, -0.05) is 60.1 Å². The monoisotopic (exact) mass is 468 g/mol. The number of alkyl carbamates (subject to hydrolysis) is 1. The van der Waals surface area contributed by atoms with Gasteiger partial charge in [-0.3, -0.25) is 0 Å². The summed E-state index contributed by atoms with van der Waals surface area (Å²) in [5, 5.41) is 23.7. The van der Waals surface area contributed by atoms with Crippen molar-refractivity contribution in [2.75, 3.05) is 20.3 Å². The van der Waals surface area contributed by atoms with Crippen LogP contribution in [-0.2, 0) is 4.74 Å². The summed E-state index contributed by atoms with van der Waals surface area (Å²) in [5.41, 5.74) is 4.86. The Morgan fingerprint density at radius 1 is 1.12 bits per heavy atom. The van der Waals surface area contributed by atoms with Crippen LogP contribution in [0.5, 0.6) is 5.88 Å². The number of rotatable bonds is 8. The number of ether oxygens (including phenoxy) is 2. The molecular formula is C25H25ClN2O5. The minimum Gasteiger partial charge on any atom is -0.481 e. The molecule has 0 aliphatic heterocycles. The predicted octanol–water partition coefficient (Wildman–Crippen LogP) is 4.07. The molecule has 0 radical (unpaired) electrons. The molecule has 1 aliphatic rings. The van der Waals surface area contributed by atoms with Crippen LogP contribution in [0.15, 0.2) is 60.8 Å². The van der Waals surface area contributed by atoms with Crippen molar-refractivity contribution in [2.24, 2.45) is 0 Å². The zero-order valence-corrected chi connectivity index (χ0v) is 18.8. The zero-order chi connectivity index (χ0) is 23.4. The van der Waals surface area contributed by atoms with Crippen LogP contribution in [0.25, 0.3) is 11.1 Å². The van der Waals surface area contributed by atoms with E-state index in [1.54, 1.807) is 0 Å². The molecule has 2 aromatic carbocycles. The maximum absolute atomic E-state index is 12.3. The number of nitrogens with one attached hydrogen (secondary N) is 1. The molecule has 2 atom stereocenters. The van der Waals surface area contributed by atoms with Gasteiger partial charge in [0.25, 0.3) is 0 Å². The van der Waals surface area contributed by atoms with Crippen LogP contribution >= 0.6 is 11.6 Å². The van der Waals surface area contributed by atoms with E-state index in [1.165, 1.54) is 19.4 Å². The Morgan fingerprint density at radius 2 is 1.76 bits per heavy atom. The predicted molar refractivity (Wildman–Crippen MR) is 124 cm³/mol. The van der Waals surface area contributed by atoms with E-state index in [2.05, 4.69) is 34.6 Å². The molecule has 0 bridgehead atoms. The normalized spacial score (nSPS) is 14.2. The maximum Gasteiger partial charge on any atom is 0.407 e. The maximum atomic E-state index is 12.3. The minimum absolute atomic E-state index is 0.0293. The molecule has 3 N–H and O–H groups in total. The Bertz CT molecular complexity index is 1090. The van der Waals surface area contributed by atoms with Crippen LogP contribution in [0.1, 0.15) is 35.1 Å². The van der Waals surface area contributed by atoms with Crippen molar-refractivity contribution in [3.8, 4) is 17.0 Å². The van der Waals surface area contributed by atoms with Gasteiger partial charge in [0.1, 0.15) is 12.7 Å². The van der Waals surface area contributed by atoms with Gasteiger partial charge in [0.05, 0.1) is 18.2 Å². The van der Waals surface area contributed by atoms with Crippen LogP contribution in [0, 0.1) is 0 Å². The Morgan fingerprint density at radius 3 is 2.39 bits per heavy atom. The van der Waals surface area contributed by atoms with Gasteiger partial charge in [0.2, 0.25) is 5.88 Å². The third kappa shape index (κ3) is 4.95. The molecule has 8 heteroatoms. The molecule has 33 heavy (non-hydrogen) atoms. The van der Waals surface area contributed by atoms with Gasteiger partial charge in [0.15, 0.2) is 0 Å². The number of aliphatic hydroxyl groups is 2. The standard InChI is InChI=1S/C25H25ClN2O5/c1-32-24-20(12-15(26)13-28-24)23(30)22(29)10-11-27-25(31)33-14-21-18-8-4-2-6-16(18)17-7-3-5-9-19(17)21/h2-9,12-13,21-23,29-30H,10-11,14H2,1H3,(H,27,31). The number of carbonyl (C=O) groups is 1. The first-order valence-corrected chi connectivity index (χ1v) is 11.0. The Kier molecular flexibility index (Phi) is 7.13. The lowest BCUT2D eigenvalue weighted by molar-refractivity contribution is 0.0120. The summed E-state index contributed by atoms with van der Waals surface area (Å²) < 4.78 is 10.6. The van der Waals surface area contributed by atoms with E-state index in [0.29, 0.717) is 5.02 Å². The van der Waals surface area contributed by atoms with Crippen molar-refractivity contribution in [1.82, 2.24) is 10.3 Å². The zero-order valence-electron chi connectivity index (χ0n) is 18.1. The first-order valence-electron chi connectivity index (χ1n) is 10.6. The number of halogens is 1. The van der Waals surface area contributed by atoms with Gasteiger partial charge in [0, 0.05) is 24.2 Å². The third-order valence-electron chi connectivity index (χ3n) is 5.78. The number of hydrogen-bond acceptors (Lipinski definition) is 6. The number of aliphatic hydroxyl groups excluding tert-OH is 2. The van der Waals surface area contributed by atoms with Crippen molar-refractivity contribution in [1.29, 1.82) is 0 Å². The summed E-state index contributed by atoms with van der Waals surface area (Å²) >= 11 is 5.94. The van der Waals surface area contributed by atoms with Crippen LogP contribution in [-0.4, -0.2) is 47.7 Å². The molecule has 0 saturated heterocycles. The number of methoxy groups -OCH3 is 1. The largest absolute Gasteiger partial charge is 0.481 e. The lowest BCUT2D eigenvalue weighted by Gasteiger charge is -2.20. The number of hydrogen-bond donors (Lipinski definition) is 3. The van der Waals surface area contributed by atoms with E-state index < -0.39 is 18.3 Å². The summed E-state index contributed by atoms with van der Waals surface area (Å²) in [7, 11) is 1.41. The molecule has 0 spiro atoms. The molecule has 0 saturated carbocycles. The third-order valence-corrected chi connectivity index (χ3v) is 5.98. The van der Waals surface area contributed by atoms with Crippen molar-refractivity contribution in [3.63, 3.8) is 0 Å². The highest BCUT2D eigenvalue weighted by Crippen LogP contribution is 2.44. The molecule has 3 aromatic rings. The van der Waals surface area contributed by atoms with E-state index in [4.69, 9.17) is 21.1 Å². The molecule has 2 unspecified atom stereocenters. The minimum atomic E-state index is -1.27. The number of carbonyl (C=O) groups excluding carboxylic acids is 1. The summed E-state index contributed by atoms with van der Waals surface area (Å²) in [6.07, 6.45) is -1.52. The van der Waals surface area contributed by atoms with Crippen LogP contribution in [0.3, 0.4) is 0 Å². The fourth-order valence-corrected chi connectivity index (χ4v) is 4.33. The van der Waals surface area contributed by atoms with Gasteiger partial charge in [-0.2, -0.15) is 0 Å². The second-order valence-corrected chi connectivity index (χ2v) is 8.24. The number of fused-ring (bicyclic) bond motifs is 3. The second-order valence-electron chi connectivity index (χ2n) is 7.81. The quantitative estimate of drug-likeness (QED) is 0.461. The molecule has 7 nitrogen and oxygen atoms in total. The number of nitrogens with zero attached hydrogens (tertiary/aromatic N) is 1. The number of aromatic nitrogens is 1. The fraction of sp³-hybridized carbons (Fsp3) is 0.280. The first kappa shape index (κ1) is 23.0. The molecule has 4 rings (SSSR count). The first-order chi connectivity index (χ1) is 16.0. The van der Waals surface area contributed by atoms with Crippen molar-refractivity contribution in [2.45, 2.75) is 24.5 Å². The van der Waals surface area contributed by atoms with Gasteiger partial charge < -0.3 is 25.0 Å². The van der Waals surface area contributed by atoms with Crippen molar-refractivity contribution in [3.05, 3.63) is 82.5 Å². The summed E-state index contributed by atoms with van der Waals surface area (Å²) in [6.45, 7) is 0.321. The molecule has 1 aromatic heterocycles. The van der Waals surface area contributed by atoms with E-state index in [1.807, 2.05) is 24.3 Å². The second kappa shape index (κ2) is 10.2. The van der Waals surface area contributed by atoms with Gasteiger partial charge in [-0.05, 0) is 34.7 Å². The van der Waals surface area contributed by atoms with E-state index in [-0.39, 0.29) is 36.9 Å². The summed E-state index contributed by atoms with van der Waals surface area (Å²) in [6, 6.07) is 17.7. The van der Waals surface area contributed by atoms with E-state index >= 15 is 0 Å². The van der Waals surface area contributed by atoms with Gasteiger partial charge in [-0.25, -0.2) is 9.78 Å². The Balaban J connectivity index is 1.30. The Hall–Kier alpha value is -3.13. The van der Waals surface area contributed by atoms with Crippen LogP contribution in [0.4, 0.5) is 4.79 Å². The highest BCUT2D eigenvalue weighted by atomic mass is 35.5. The topological polar surface area (TPSA) is 101 Å². The Labute approximate surface area is 197 Å². The lowest BCUT2D eigenvalue weighted by atomic mass is 9.98. The average molecular weight is 469 g/mol. The van der Waals surface area contributed by atoms with E-state index in [0.717, 1.165) is 22.3 Å². The van der Waals surface area contributed by atoms with Crippen LogP contribution < -0.4 is 10.1 Å². The van der Waals surface area contributed by atoms with Crippen molar-refractivity contribution < 1.29 is 24.5 Å². The van der Waals surface area contributed by atoms with Crippen LogP contribution in [0.2, 0.25) is 5.02 Å². The summed E-state index contributed by atoms with van der Waals surface area (Å²) in [5.74, 6) is 0.147. The molecule has 1 heterocycles. The SMILES string of the molecule is COc1ncc(Cl)cc1C(O)C(O)CCNC(=O)OCC1c2ccccc2-c2ccccc21. The molecule has 0 fully saturated rings. The highest BCUT2D eigenvalue weighted by molar-refractivity contribution is 6.30. The smallest absolute Gasteiger partial charge is 0.407 e.